The molecule has 5 heterocycles. The summed E-state index contributed by atoms with van der Waals surface area (Å²) in [6.07, 6.45) is 5.97. The fraction of sp³-hybridized carbons (Fsp3) is 0.161. The molecule has 0 bridgehead atoms. The number of carbonyl (C=O) groups is 4. The average molecular weight is 735 g/mol. The van der Waals surface area contributed by atoms with Gasteiger partial charge in [0.2, 0.25) is 0 Å². The number of carboxylic acids is 2. The molecule has 6 rings (SSSR count). The number of carboxylic acid groups (broad SMARTS) is 2. The molecule has 19 heteroatoms. The van der Waals surface area contributed by atoms with E-state index in [2.05, 4.69) is 15.5 Å². The van der Waals surface area contributed by atoms with Crippen molar-refractivity contribution in [3.63, 3.8) is 0 Å². The van der Waals surface area contributed by atoms with Crippen molar-refractivity contribution in [3.05, 3.63) is 87.5 Å². The number of thiophene rings is 1. The number of anilines is 1. The predicted molar refractivity (Wildman–Crippen MR) is 180 cm³/mol. The third-order valence-electron chi connectivity index (χ3n) is 7.76. The van der Waals surface area contributed by atoms with E-state index in [0.29, 0.717) is 18.3 Å². The fourth-order valence-corrected chi connectivity index (χ4v) is 8.24. The second-order valence-electron chi connectivity index (χ2n) is 10.7. The SMILES string of the molecule is N#Cc1cc(C(ON=CC(=O)NC2C(=O)N3C(C(=O)O)=C(C=CC[n+]4cccc5ccsc54)CS[C@H]23)(C(=O)O)c2csc(N)n2)cc(O)c1O. The molecule has 0 radical (unpaired) electrons. The van der Waals surface area contributed by atoms with Crippen LogP contribution in [0.2, 0.25) is 0 Å². The number of aromatic nitrogens is 2. The fourth-order valence-electron chi connectivity index (χ4n) is 5.43. The second-order valence-corrected chi connectivity index (χ2v) is 13.6. The number of phenols is 2. The van der Waals surface area contributed by atoms with Gasteiger partial charge in [-0.25, -0.2) is 14.6 Å². The van der Waals surface area contributed by atoms with E-state index in [1.54, 1.807) is 23.5 Å². The first-order valence-electron chi connectivity index (χ1n) is 14.3. The van der Waals surface area contributed by atoms with Gasteiger partial charge in [-0.3, -0.25) is 14.5 Å². The number of aromatic hydroxyl groups is 2. The van der Waals surface area contributed by atoms with Crippen LogP contribution < -0.4 is 15.6 Å². The van der Waals surface area contributed by atoms with Crippen LogP contribution in [0.5, 0.6) is 11.5 Å². The van der Waals surface area contributed by atoms with E-state index in [9.17, 15) is 44.9 Å². The van der Waals surface area contributed by atoms with E-state index >= 15 is 0 Å². The van der Waals surface area contributed by atoms with Crippen molar-refractivity contribution in [2.45, 2.75) is 23.6 Å². The number of oxime groups is 1. The highest BCUT2D eigenvalue weighted by Crippen LogP contribution is 2.42. The lowest BCUT2D eigenvalue weighted by atomic mass is 9.89. The molecule has 7 N–H and O–H groups in total. The lowest BCUT2D eigenvalue weighted by Gasteiger charge is -2.49. The molecule has 3 atom stereocenters. The van der Waals surface area contributed by atoms with Crippen LogP contribution in [-0.4, -0.2) is 77.4 Å². The van der Waals surface area contributed by atoms with E-state index in [4.69, 9.17) is 10.6 Å². The van der Waals surface area contributed by atoms with Crippen LogP contribution in [0, 0.1) is 11.3 Å². The molecule has 2 aliphatic heterocycles. The number of carbonyl (C=O) groups excluding carboxylic acids is 2. The van der Waals surface area contributed by atoms with Crippen molar-refractivity contribution in [2.75, 3.05) is 11.5 Å². The van der Waals surface area contributed by atoms with Crippen LogP contribution in [0.15, 0.2) is 75.9 Å². The van der Waals surface area contributed by atoms with Crippen LogP contribution in [0.1, 0.15) is 16.8 Å². The Hall–Kier alpha value is -5.97. The number of hydrogen-bond donors (Lipinski definition) is 6. The molecule has 1 saturated heterocycles. The van der Waals surface area contributed by atoms with Crippen LogP contribution in [0.4, 0.5) is 5.13 Å². The molecule has 2 amide bonds. The van der Waals surface area contributed by atoms with Crippen molar-refractivity contribution in [1.82, 2.24) is 15.2 Å². The standard InChI is InChI=1S/C31H23N7O9S3/c32-11-17-9-18(10-19(39)24(17)41)31(29(45)46,20-14-50-30(33)35-20)47-34-12-21(40)36-22-25(42)38-23(28(43)44)16(13-49-27(22)38)4-2-7-37-6-1-3-15-5-8-48-26(15)37/h1-6,8-10,12,14,22,27H,7,13H2,(H6-,33,34,35,36,39,40,41,43,44,45,46)/p+1/t22?,27-,31?/m1/s1. The van der Waals surface area contributed by atoms with Gasteiger partial charge in [0.25, 0.3) is 16.6 Å². The Kier molecular flexibility index (Phi) is 9.16. The van der Waals surface area contributed by atoms with E-state index in [-0.39, 0.29) is 27.8 Å². The van der Waals surface area contributed by atoms with Crippen LogP contribution >= 0.6 is 34.4 Å². The van der Waals surface area contributed by atoms with Gasteiger partial charge < -0.3 is 36.3 Å². The van der Waals surface area contributed by atoms with Gasteiger partial charge in [0, 0.05) is 22.8 Å². The maximum Gasteiger partial charge on any atom is 0.362 e. The molecule has 2 unspecified atom stereocenters. The summed E-state index contributed by atoms with van der Waals surface area (Å²) in [7, 11) is 0. The number of β-lactam (4-membered cyclic amide) rings is 1. The number of nitrogens with zero attached hydrogens (tertiary/aromatic N) is 5. The van der Waals surface area contributed by atoms with Gasteiger partial charge in [-0.2, -0.15) is 9.83 Å². The van der Waals surface area contributed by atoms with Crippen molar-refractivity contribution in [3.8, 4) is 17.6 Å². The summed E-state index contributed by atoms with van der Waals surface area (Å²) in [4.78, 5) is 62.5. The zero-order chi connectivity index (χ0) is 35.7. The lowest BCUT2D eigenvalue weighted by Crippen LogP contribution is -2.70. The van der Waals surface area contributed by atoms with Gasteiger partial charge in [0.05, 0.1) is 10.9 Å². The number of nitriles is 1. The summed E-state index contributed by atoms with van der Waals surface area (Å²) in [5, 5.41) is 59.4. The monoisotopic (exact) mass is 734 g/mol. The molecule has 1 fully saturated rings. The Morgan fingerprint density at radius 2 is 2.06 bits per heavy atom. The quantitative estimate of drug-likeness (QED) is 0.0424. The number of thioether (sulfide) groups is 1. The normalized spacial score (nSPS) is 18.5. The van der Waals surface area contributed by atoms with E-state index < -0.39 is 57.8 Å². The first kappa shape index (κ1) is 33.9. The van der Waals surface area contributed by atoms with Gasteiger partial charge in [0.1, 0.15) is 35.1 Å². The number of thiazole rings is 1. The molecule has 1 aromatic carbocycles. The average Bonchev–Trinajstić information content (AvgIpc) is 3.76. The number of nitrogens with two attached hydrogens (primary N) is 1. The number of benzene rings is 1. The molecule has 0 spiro atoms. The number of rotatable bonds is 11. The zero-order valence-electron chi connectivity index (χ0n) is 25.3. The largest absolute Gasteiger partial charge is 0.504 e. The molecule has 0 saturated carbocycles. The molecule has 254 valence electrons. The number of aliphatic carboxylic acids is 2. The first-order chi connectivity index (χ1) is 24.0. The number of allylic oxidation sites excluding steroid dienone is 2. The molecular formula is C31H24N7O9S3+. The summed E-state index contributed by atoms with van der Waals surface area (Å²) < 4.78 is 2.02. The molecule has 50 heavy (non-hydrogen) atoms. The highest BCUT2D eigenvalue weighted by molar-refractivity contribution is 8.00. The third-order valence-corrected chi connectivity index (χ3v) is 10.7. The summed E-state index contributed by atoms with van der Waals surface area (Å²) in [6, 6.07) is 8.20. The Morgan fingerprint density at radius 3 is 2.76 bits per heavy atom. The third kappa shape index (κ3) is 5.95. The van der Waals surface area contributed by atoms with Gasteiger partial charge in [-0.05, 0) is 41.3 Å². The van der Waals surface area contributed by atoms with Crippen LogP contribution in [0.25, 0.3) is 10.2 Å². The number of amides is 2. The Bertz CT molecular complexity index is 2210. The number of pyridine rings is 1. The molecular weight excluding hydrogens is 711 g/mol. The number of nitrogen functional groups attached to an aromatic ring is 1. The Morgan fingerprint density at radius 1 is 1.26 bits per heavy atom. The van der Waals surface area contributed by atoms with E-state index in [0.717, 1.165) is 38.6 Å². The van der Waals surface area contributed by atoms with Gasteiger partial charge in [-0.1, -0.05) is 22.6 Å². The first-order valence-corrected chi connectivity index (χ1v) is 17.1. The minimum absolute atomic E-state index is 0.0548. The smallest absolute Gasteiger partial charge is 0.362 e. The Balaban J connectivity index is 1.18. The van der Waals surface area contributed by atoms with Gasteiger partial charge >= 0.3 is 17.5 Å². The molecule has 3 aromatic heterocycles. The number of fused-ring (bicyclic) bond motifs is 2. The maximum atomic E-state index is 13.1. The number of hydrogen-bond acceptors (Lipinski definition) is 14. The predicted octanol–water partition coefficient (Wildman–Crippen LogP) is 1.84. The van der Waals surface area contributed by atoms with Crippen molar-refractivity contribution >= 4 is 79.8 Å². The highest BCUT2D eigenvalue weighted by atomic mass is 32.2. The second kappa shape index (κ2) is 13.5. The Labute approximate surface area is 293 Å². The highest BCUT2D eigenvalue weighted by Gasteiger charge is 2.54. The summed E-state index contributed by atoms with van der Waals surface area (Å²) in [5.41, 5.74) is 2.11. The van der Waals surface area contributed by atoms with Gasteiger partial charge in [0.15, 0.2) is 29.4 Å². The van der Waals surface area contributed by atoms with E-state index in [1.165, 1.54) is 17.1 Å². The lowest BCUT2D eigenvalue weighted by molar-refractivity contribution is -0.658. The molecule has 16 nitrogen and oxygen atoms in total. The summed E-state index contributed by atoms with van der Waals surface area (Å²) >= 11 is 3.69. The minimum atomic E-state index is -2.65. The number of phenolic OH excluding ortho intramolecular Hbond substituents is 2. The van der Waals surface area contributed by atoms with Crippen molar-refractivity contribution in [1.29, 1.82) is 5.26 Å². The summed E-state index contributed by atoms with van der Waals surface area (Å²) in [6.45, 7) is 0.475. The summed E-state index contributed by atoms with van der Waals surface area (Å²) in [5.74, 6) is -6.07. The number of nitrogens with one attached hydrogen (secondary N) is 1. The molecule has 4 aromatic rings. The van der Waals surface area contributed by atoms with Gasteiger partial charge in [-0.15, -0.1) is 23.1 Å². The van der Waals surface area contributed by atoms with Crippen LogP contribution in [0.3, 0.4) is 0 Å². The van der Waals surface area contributed by atoms with Crippen molar-refractivity contribution in [2.24, 2.45) is 5.16 Å². The van der Waals surface area contributed by atoms with Crippen LogP contribution in [-0.2, 0) is 36.2 Å². The molecule has 0 aliphatic carbocycles. The van der Waals surface area contributed by atoms with Crippen molar-refractivity contribution < 1.29 is 49.0 Å². The maximum absolute atomic E-state index is 13.1. The minimum Gasteiger partial charge on any atom is -0.504 e. The molecule has 2 aliphatic rings. The topological polar surface area (TPSA) is 253 Å². The van der Waals surface area contributed by atoms with E-state index in [1.807, 2.05) is 40.4 Å². The zero-order valence-corrected chi connectivity index (χ0v) is 27.7.